The Bertz CT molecular complexity index is 1080. The van der Waals surface area contributed by atoms with Crippen LogP contribution in [0.4, 0.5) is 13.2 Å². The number of carbonyl (C=O) groups excluding carboxylic acids is 1. The quantitative estimate of drug-likeness (QED) is 0.618. The fourth-order valence-electron chi connectivity index (χ4n) is 2.12. The van der Waals surface area contributed by atoms with Gasteiger partial charge in [0.05, 0.1) is 11.4 Å². The number of halogens is 3. The van der Waals surface area contributed by atoms with E-state index in [1.165, 1.54) is 48.8 Å². The second-order valence-electron chi connectivity index (χ2n) is 5.43. The summed E-state index contributed by atoms with van der Waals surface area (Å²) in [6.07, 6.45) is -2.15. The smallest absolute Gasteiger partial charge is 0.329 e. The lowest BCUT2D eigenvalue weighted by Gasteiger charge is -2.06. The van der Waals surface area contributed by atoms with E-state index in [0.29, 0.717) is 0 Å². The zero-order chi connectivity index (χ0) is 20.4. The average Bonchev–Trinajstić information content (AvgIpc) is 3.18. The average molecular weight is 412 g/mol. The Labute approximate surface area is 156 Å². The van der Waals surface area contributed by atoms with Gasteiger partial charge in [0.25, 0.3) is 0 Å². The van der Waals surface area contributed by atoms with Crippen LogP contribution in [0.1, 0.15) is 16.2 Å². The first-order chi connectivity index (χ1) is 13.2. The molecule has 28 heavy (non-hydrogen) atoms. The Morgan fingerprint density at radius 1 is 1.07 bits per heavy atom. The highest BCUT2D eigenvalue weighted by Gasteiger charge is 2.38. The molecule has 3 rings (SSSR count). The van der Waals surface area contributed by atoms with Gasteiger partial charge in [0.2, 0.25) is 15.8 Å². The third-order valence-corrected chi connectivity index (χ3v) is 4.93. The van der Waals surface area contributed by atoms with E-state index in [9.17, 15) is 26.4 Å². The zero-order valence-corrected chi connectivity index (χ0v) is 14.7. The van der Waals surface area contributed by atoms with Gasteiger partial charge in [0, 0.05) is 23.5 Å². The van der Waals surface area contributed by atoms with Gasteiger partial charge in [-0.1, -0.05) is 29.4 Å². The summed E-state index contributed by atoms with van der Waals surface area (Å²) in [7, 11) is -3.88. The number of nitrogens with one attached hydrogen (secondary N) is 1. The largest absolute Gasteiger partial charge is 0.471 e. The van der Waals surface area contributed by atoms with E-state index in [0.717, 1.165) is 0 Å². The second-order valence-corrected chi connectivity index (χ2v) is 7.20. The summed E-state index contributed by atoms with van der Waals surface area (Å²) in [5.41, 5.74) is 0.355. The number of Topliss-reactive ketones (excluding diaryl/α,β-unsaturated/α-hetero) is 1. The highest BCUT2D eigenvalue weighted by atomic mass is 32.2. The first-order valence-electron chi connectivity index (χ1n) is 7.61. The van der Waals surface area contributed by atoms with Gasteiger partial charge in [-0.15, -0.1) is 0 Å². The van der Waals surface area contributed by atoms with Crippen LogP contribution in [0.15, 0.2) is 58.2 Å². The molecule has 1 N–H and O–H groups in total. The summed E-state index contributed by atoms with van der Waals surface area (Å²) in [5.74, 6) is -2.30. The predicted octanol–water partition coefficient (Wildman–Crippen LogP) is 2.31. The lowest BCUT2D eigenvalue weighted by atomic mass is 10.1. The molecule has 146 valence electrons. The van der Waals surface area contributed by atoms with Crippen molar-refractivity contribution in [3.8, 4) is 11.4 Å². The number of nitrogens with zero attached hydrogens (tertiary/aromatic N) is 3. The van der Waals surface area contributed by atoms with Gasteiger partial charge in [-0.2, -0.15) is 18.2 Å². The molecule has 0 atom stereocenters. The van der Waals surface area contributed by atoms with Crippen LogP contribution in [0.25, 0.3) is 11.4 Å². The monoisotopic (exact) mass is 412 g/mol. The molecule has 0 amide bonds. The van der Waals surface area contributed by atoms with E-state index in [-0.39, 0.29) is 21.8 Å². The summed E-state index contributed by atoms with van der Waals surface area (Å²) in [5, 5.41) is 3.24. The first-order valence-corrected chi connectivity index (χ1v) is 9.09. The van der Waals surface area contributed by atoms with Crippen molar-refractivity contribution in [2.24, 2.45) is 0 Å². The zero-order valence-electron chi connectivity index (χ0n) is 13.8. The van der Waals surface area contributed by atoms with Gasteiger partial charge in [-0.3, -0.25) is 9.78 Å². The van der Waals surface area contributed by atoms with Crippen LogP contribution in [0.2, 0.25) is 0 Å². The number of ketones is 1. The molecule has 0 aliphatic rings. The molecule has 2 aromatic heterocycles. The van der Waals surface area contributed by atoms with Crippen LogP contribution in [-0.2, 0) is 16.2 Å². The number of aromatic nitrogens is 3. The molecule has 0 radical (unpaired) electrons. The molecule has 0 bridgehead atoms. The van der Waals surface area contributed by atoms with E-state index in [2.05, 4.69) is 24.4 Å². The molecule has 0 aliphatic heterocycles. The summed E-state index contributed by atoms with van der Waals surface area (Å²) in [4.78, 5) is 19.1. The predicted molar refractivity (Wildman–Crippen MR) is 88.5 cm³/mol. The lowest BCUT2D eigenvalue weighted by molar-refractivity contribution is -0.159. The van der Waals surface area contributed by atoms with Crippen molar-refractivity contribution in [3.63, 3.8) is 0 Å². The van der Waals surface area contributed by atoms with Crippen LogP contribution in [0.5, 0.6) is 0 Å². The van der Waals surface area contributed by atoms with Gasteiger partial charge in [-0.25, -0.2) is 13.1 Å². The third kappa shape index (κ3) is 4.40. The normalized spacial score (nSPS) is 12.1. The minimum Gasteiger partial charge on any atom is -0.329 e. The number of alkyl halides is 3. The molecule has 0 fully saturated rings. The van der Waals surface area contributed by atoms with Crippen LogP contribution >= 0.6 is 0 Å². The Morgan fingerprint density at radius 3 is 2.29 bits per heavy atom. The molecule has 0 spiro atoms. The van der Waals surface area contributed by atoms with Crippen molar-refractivity contribution in [2.45, 2.75) is 11.1 Å². The van der Waals surface area contributed by atoms with Crippen LogP contribution < -0.4 is 4.72 Å². The van der Waals surface area contributed by atoms with Gasteiger partial charge < -0.3 is 4.52 Å². The molecule has 12 heteroatoms. The standard InChI is InChI=1S/C16H11F3N4O4S/c17-16(18,19)15-22-14(23-27-15)11-3-1-10(2-4-11)13(24)9-21-28(25,26)12-5-7-20-8-6-12/h1-8,21H,9H2. The molecule has 0 aliphatic carbocycles. The Morgan fingerprint density at radius 2 is 1.71 bits per heavy atom. The number of hydrogen-bond acceptors (Lipinski definition) is 7. The van der Waals surface area contributed by atoms with Crippen LogP contribution in [0.3, 0.4) is 0 Å². The van der Waals surface area contributed by atoms with E-state index < -0.39 is 34.4 Å². The Hall–Kier alpha value is -3.12. The summed E-state index contributed by atoms with van der Waals surface area (Å²) < 4.78 is 67.9. The van der Waals surface area contributed by atoms with Crippen molar-refractivity contribution >= 4 is 15.8 Å². The maximum absolute atomic E-state index is 12.5. The highest BCUT2D eigenvalue weighted by Crippen LogP contribution is 2.29. The minimum absolute atomic E-state index is 0.0387. The summed E-state index contributed by atoms with van der Waals surface area (Å²) >= 11 is 0. The molecule has 0 unspecified atom stereocenters. The van der Waals surface area contributed by atoms with E-state index in [1.807, 2.05) is 0 Å². The molecule has 0 saturated heterocycles. The Balaban J connectivity index is 1.68. The number of pyridine rings is 1. The van der Waals surface area contributed by atoms with E-state index in [1.54, 1.807) is 0 Å². The third-order valence-electron chi connectivity index (χ3n) is 3.52. The van der Waals surface area contributed by atoms with Gasteiger partial charge >= 0.3 is 12.1 Å². The topological polar surface area (TPSA) is 115 Å². The minimum atomic E-state index is -4.76. The molecule has 2 heterocycles. The van der Waals surface area contributed by atoms with Crippen LogP contribution in [-0.4, -0.2) is 35.9 Å². The van der Waals surface area contributed by atoms with Gasteiger partial charge in [0.1, 0.15) is 0 Å². The van der Waals surface area contributed by atoms with Gasteiger partial charge in [0.15, 0.2) is 5.78 Å². The van der Waals surface area contributed by atoms with Crippen molar-refractivity contribution < 1.29 is 30.9 Å². The first kappa shape index (κ1) is 19.6. The Kier molecular flexibility index (Phi) is 5.25. The fourth-order valence-corrected chi connectivity index (χ4v) is 3.09. The number of rotatable bonds is 6. The fraction of sp³-hybridized carbons (Fsp3) is 0.125. The van der Waals surface area contributed by atoms with Crippen molar-refractivity contribution in [1.82, 2.24) is 19.8 Å². The highest BCUT2D eigenvalue weighted by molar-refractivity contribution is 7.89. The summed E-state index contributed by atoms with van der Waals surface area (Å²) in [6, 6.07) is 7.86. The molecule has 0 saturated carbocycles. The molecule has 8 nitrogen and oxygen atoms in total. The molecular formula is C16H11F3N4O4S. The number of carbonyl (C=O) groups is 1. The second kappa shape index (κ2) is 7.48. The van der Waals surface area contributed by atoms with Crippen molar-refractivity contribution in [2.75, 3.05) is 6.54 Å². The molecule has 1 aromatic carbocycles. The SMILES string of the molecule is O=C(CNS(=O)(=O)c1ccncc1)c1ccc(-c2noc(C(F)(F)F)n2)cc1. The number of benzene rings is 1. The van der Waals surface area contributed by atoms with Gasteiger partial charge in [-0.05, 0) is 12.1 Å². The van der Waals surface area contributed by atoms with Crippen molar-refractivity contribution in [1.29, 1.82) is 0 Å². The number of sulfonamides is 1. The van der Waals surface area contributed by atoms with E-state index in [4.69, 9.17) is 0 Å². The lowest BCUT2D eigenvalue weighted by Crippen LogP contribution is -2.29. The molecule has 3 aromatic rings. The van der Waals surface area contributed by atoms with E-state index >= 15 is 0 Å². The maximum Gasteiger partial charge on any atom is 0.471 e. The van der Waals surface area contributed by atoms with Crippen molar-refractivity contribution in [3.05, 3.63) is 60.2 Å². The molecular weight excluding hydrogens is 401 g/mol. The van der Waals surface area contributed by atoms with Crippen LogP contribution in [0, 0.1) is 0 Å². The maximum atomic E-state index is 12.5. The number of hydrogen-bond donors (Lipinski definition) is 1. The summed E-state index contributed by atoms with van der Waals surface area (Å²) in [6.45, 7) is -0.496.